The molecule has 3 rings (SSSR count). The highest BCUT2D eigenvalue weighted by Gasteiger charge is 2.34. The van der Waals surface area contributed by atoms with Crippen molar-refractivity contribution < 1.29 is 22.6 Å². The number of benzene rings is 2. The summed E-state index contributed by atoms with van der Waals surface area (Å²) in [5.41, 5.74) is 0.917. The minimum absolute atomic E-state index is 0.270. The van der Waals surface area contributed by atoms with E-state index in [4.69, 9.17) is 21.1 Å². The molecule has 1 heterocycles. The summed E-state index contributed by atoms with van der Waals surface area (Å²) in [4.78, 5) is 4.33. The third-order valence-electron chi connectivity index (χ3n) is 5.54. The maximum absolute atomic E-state index is 13.1. The number of anilines is 1. The summed E-state index contributed by atoms with van der Waals surface area (Å²) in [6.45, 7) is 5.04. The van der Waals surface area contributed by atoms with Gasteiger partial charge in [0.25, 0.3) is 0 Å². The monoisotopic (exact) mass is 442 g/mol. The summed E-state index contributed by atoms with van der Waals surface area (Å²) in [6, 6.07) is 10.3. The standard InChI is InChI=1S/C22H26ClF3N2O2/c1-15(12-16-4-7-20(29-2)21(13-16)30-3)27-8-10-28(11-9-27)17-5-6-19(23)18(14-17)22(24,25)26/h4-7,13-15H,8-12H2,1-3H3. The Balaban J connectivity index is 1.62. The van der Waals surface area contributed by atoms with Crippen molar-refractivity contribution in [3.63, 3.8) is 0 Å². The van der Waals surface area contributed by atoms with Crippen molar-refractivity contribution >= 4 is 17.3 Å². The number of hydrogen-bond acceptors (Lipinski definition) is 4. The van der Waals surface area contributed by atoms with Gasteiger partial charge in [0, 0.05) is 37.9 Å². The Morgan fingerprint density at radius 1 is 0.967 bits per heavy atom. The van der Waals surface area contributed by atoms with Crippen LogP contribution in [0, 0.1) is 0 Å². The number of rotatable bonds is 6. The molecular formula is C22H26ClF3N2O2. The van der Waals surface area contributed by atoms with E-state index in [2.05, 4.69) is 11.8 Å². The third-order valence-corrected chi connectivity index (χ3v) is 5.87. The number of ether oxygens (including phenoxy) is 2. The van der Waals surface area contributed by atoms with Gasteiger partial charge >= 0.3 is 6.18 Å². The van der Waals surface area contributed by atoms with Crippen molar-refractivity contribution in [2.75, 3.05) is 45.3 Å². The van der Waals surface area contributed by atoms with Crippen molar-refractivity contribution in [2.45, 2.75) is 25.6 Å². The van der Waals surface area contributed by atoms with E-state index >= 15 is 0 Å². The molecule has 2 aromatic rings. The highest BCUT2D eigenvalue weighted by Crippen LogP contribution is 2.37. The molecule has 0 spiro atoms. The molecule has 0 aromatic heterocycles. The van der Waals surface area contributed by atoms with Crippen LogP contribution in [0.1, 0.15) is 18.1 Å². The molecular weight excluding hydrogens is 417 g/mol. The first-order valence-corrected chi connectivity index (χ1v) is 10.2. The predicted molar refractivity (Wildman–Crippen MR) is 113 cm³/mol. The molecule has 4 nitrogen and oxygen atoms in total. The van der Waals surface area contributed by atoms with E-state index in [9.17, 15) is 13.2 Å². The Morgan fingerprint density at radius 2 is 1.63 bits per heavy atom. The quantitative estimate of drug-likeness (QED) is 0.619. The van der Waals surface area contributed by atoms with Gasteiger partial charge in [-0.2, -0.15) is 13.2 Å². The molecule has 0 radical (unpaired) electrons. The van der Waals surface area contributed by atoms with E-state index in [-0.39, 0.29) is 5.02 Å². The topological polar surface area (TPSA) is 24.9 Å². The zero-order chi connectivity index (χ0) is 21.9. The van der Waals surface area contributed by atoms with Crippen molar-refractivity contribution in [1.29, 1.82) is 0 Å². The molecule has 0 amide bonds. The maximum atomic E-state index is 13.1. The molecule has 1 aliphatic rings. The van der Waals surface area contributed by atoms with Gasteiger partial charge in [0.05, 0.1) is 24.8 Å². The van der Waals surface area contributed by atoms with Crippen molar-refractivity contribution in [3.05, 3.63) is 52.5 Å². The molecule has 8 heteroatoms. The highest BCUT2D eigenvalue weighted by atomic mass is 35.5. The number of piperazine rings is 1. The van der Waals surface area contributed by atoms with Crippen LogP contribution in [0.4, 0.5) is 18.9 Å². The van der Waals surface area contributed by atoms with E-state index in [0.717, 1.165) is 31.1 Å². The Hall–Kier alpha value is -2.12. The fourth-order valence-corrected chi connectivity index (χ4v) is 4.05. The lowest BCUT2D eigenvalue weighted by Gasteiger charge is -2.39. The van der Waals surface area contributed by atoms with Crippen LogP contribution in [0.3, 0.4) is 0 Å². The normalized spacial score (nSPS) is 16.4. The Bertz CT molecular complexity index is 868. The minimum atomic E-state index is -4.46. The van der Waals surface area contributed by atoms with Crippen LogP contribution in [0.2, 0.25) is 5.02 Å². The van der Waals surface area contributed by atoms with Gasteiger partial charge in [0.1, 0.15) is 0 Å². The van der Waals surface area contributed by atoms with Crippen LogP contribution in [0.5, 0.6) is 11.5 Å². The molecule has 1 atom stereocenters. The van der Waals surface area contributed by atoms with Crippen LogP contribution in [-0.4, -0.2) is 51.3 Å². The van der Waals surface area contributed by atoms with Crippen LogP contribution in [-0.2, 0) is 12.6 Å². The van der Waals surface area contributed by atoms with E-state index < -0.39 is 11.7 Å². The minimum Gasteiger partial charge on any atom is -0.493 e. The smallest absolute Gasteiger partial charge is 0.417 e. The molecule has 1 aliphatic heterocycles. The zero-order valence-corrected chi connectivity index (χ0v) is 18.1. The second-order valence-corrected chi connectivity index (χ2v) is 7.83. The first-order chi connectivity index (χ1) is 14.2. The Labute approximate surface area is 180 Å². The van der Waals surface area contributed by atoms with Crippen molar-refractivity contribution in [3.8, 4) is 11.5 Å². The number of alkyl halides is 3. The lowest BCUT2D eigenvalue weighted by atomic mass is 10.0. The second-order valence-electron chi connectivity index (χ2n) is 7.43. The average molecular weight is 443 g/mol. The van der Waals surface area contributed by atoms with Gasteiger partial charge in [-0.15, -0.1) is 0 Å². The second kappa shape index (κ2) is 9.35. The maximum Gasteiger partial charge on any atom is 0.417 e. The lowest BCUT2D eigenvalue weighted by Crippen LogP contribution is -2.50. The molecule has 1 unspecified atom stereocenters. The first kappa shape index (κ1) is 22.6. The van der Waals surface area contributed by atoms with Crippen molar-refractivity contribution in [1.82, 2.24) is 4.90 Å². The number of hydrogen-bond donors (Lipinski definition) is 0. The Morgan fingerprint density at radius 3 is 2.23 bits per heavy atom. The molecule has 0 saturated carbocycles. The van der Waals surface area contributed by atoms with Gasteiger partial charge < -0.3 is 14.4 Å². The summed E-state index contributed by atoms with van der Waals surface area (Å²) >= 11 is 5.74. The summed E-state index contributed by atoms with van der Waals surface area (Å²) in [5, 5.41) is -0.270. The molecule has 0 N–H and O–H groups in total. The molecule has 1 fully saturated rings. The number of halogens is 4. The van der Waals surface area contributed by atoms with E-state index in [1.54, 1.807) is 20.3 Å². The SMILES string of the molecule is COc1ccc(CC(C)N2CCN(c3ccc(Cl)c(C(F)(F)F)c3)CC2)cc1OC. The number of methoxy groups -OCH3 is 2. The van der Waals surface area contributed by atoms with Crippen molar-refractivity contribution in [2.24, 2.45) is 0 Å². The van der Waals surface area contributed by atoms with Crippen LogP contribution < -0.4 is 14.4 Å². The summed E-state index contributed by atoms with van der Waals surface area (Å²) < 4.78 is 50.1. The predicted octanol–water partition coefficient (Wildman–Crippen LogP) is 5.13. The van der Waals surface area contributed by atoms with Gasteiger partial charge in [-0.1, -0.05) is 17.7 Å². The van der Waals surface area contributed by atoms with Crippen LogP contribution in [0.15, 0.2) is 36.4 Å². The largest absolute Gasteiger partial charge is 0.493 e. The number of nitrogens with zero attached hydrogens (tertiary/aromatic N) is 2. The zero-order valence-electron chi connectivity index (χ0n) is 17.3. The van der Waals surface area contributed by atoms with E-state index in [1.165, 1.54) is 6.07 Å². The molecule has 1 saturated heterocycles. The van der Waals surface area contributed by atoms with E-state index in [1.807, 2.05) is 23.1 Å². The highest BCUT2D eigenvalue weighted by molar-refractivity contribution is 6.31. The molecule has 0 bridgehead atoms. The van der Waals surface area contributed by atoms with Crippen LogP contribution in [0.25, 0.3) is 0 Å². The van der Waals surface area contributed by atoms with Crippen LogP contribution >= 0.6 is 11.6 Å². The summed E-state index contributed by atoms with van der Waals surface area (Å²) in [5.74, 6) is 1.40. The van der Waals surface area contributed by atoms with Gasteiger partial charge in [-0.05, 0) is 49.2 Å². The first-order valence-electron chi connectivity index (χ1n) is 9.79. The van der Waals surface area contributed by atoms with Gasteiger partial charge in [-0.3, -0.25) is 4.90 Å². The molecule has 164 valence electrons. The van der Waals surface area contributed by atoms with Gasteiger partial charge in [0.15, 0.2) is 11.5 Å². The van der Waals surface area contributed by atoms with Gasteiger partial charge in [0.2, 0.25) is 0 Å². The van der Waals surface area contributed by atoms with E-state index in [0.29, 0.717) is 36.3 Å². The molecule has 2 aromatic carbocycles. The molecule has 30 heavy (non-hydrogen) atoms. The summed E-state index contributed by atoms with van der Waals surface area (Å²) in [7, 11) is 3.23. The fraction of sp³-hybridized carbons (Fsp3) is 0.455. The lowest BCUT2D eigenvalue weighted by molar-refractivity contribution is -0.137. The Kier molecular flexibility index (Phi) is 7.03. The molecule has 0 aliphatic carbocycles. The van der Waals surface area contributed by atoms with Gasteiger partial charge in [-0.25, -0.2) is 0 Å². The summed E-state index contributed by atoms with van der Waals surface area (Å²) in [6.07, 6.45) is -3.61. The fourth-order valence-electron chi connectivity index (χ4n) is 3.83. The average Bonchev–Trinajstić information content (AvgIpc) is 2.73. The third kappa shape index (κ3) is 5.13.